The van der Waals surface area contributed by atoms with E-state index in [0.717, 1.165) is 12.8 Å². The Kier molecular flexibility index (Phi) is 6.78. The fourth-order valence-corrected chi connectivity index (χ4v) is 2.77. The Balaban J connectivity index is 0.00000264. The van der Waals surface area contributed by atoms with E-state index in [2.05, 4.69) is 0 Å². The number of nitro benzene ring substituents is 1. The van der Waals surface area contributed by atoms with Gasteiger partial charge in [0.2, 0.25) is 0 Å². The highest BCUT2D eigenvalue weighted by Crippen LogP contribution is 2.27. The molecule has 1 aromatic rings. The average molecular weight is 344 g/mol. The molecule has 0 aliphatic carbocycles. The molecule has 2 unspecified atom stereocenters. The lowest BCUT2D eigenvalue weighted by Gasteiger charge is -2.34. The highest BCUT2D eigenvalue weighted by molar-refractivity contribution is 5.98. The maximum Gasteiger partial charge on any atom is 0.282 e. The predicted molar refractivity (Wildman–Crippen MR) is 89.2 cm³/mol. The first-order valence-electron chi connectivity index (χ1n) is 7.31. The molecule has 2 rings (SSSR count). The predicted octanol–water partition coefficient (Wildman–Crippen LogP) is 2.22. The number of likely N-dealkylation sites (tertiary alicyclic amines) is 1. The van der Waals surface area contributed by atoms with Gasteiger partial charge in [-0.2, -0.15) is 0 Å². The minimum absolute atomic E-state index is 0. The van der Waals surface area contributed by atoms with Gasteiger partial charge in [0.1, 0.15) is 11.3 Å². The van der Waals surface area contributed by atoms with Gasteiger partial charge in [-0.15, -0.1) is 12.4 Å². The lowest BCUT2D eigenvalue weighted by molar-refractivity contribution is -0.385. The number of nitro groups is 1. The number of halogens is 1. The van der Waals surface area contributed by atoms with E-state index in [9.17, 15) is 14.9 Å². The van der Waals surface area contributed by atoms with Crippen molar-refractivity contribution in [1.29, 1.82) is 0 Å². The molecule has 0 bridgehead atoms. The Hall–Kier alpha value is -1.86. The van der Waals surface area contributed by atoms with Crippen LogP contribution in [0.25, 0.3) is 0 Å². The molecule has 2 atom stereocenters. The summed E-state index contributed by atoms with van der Waals surface area (Å²) < 4.78 is 5.07. The Morgan fingerprint density at radius 2 is 2.22 bits per heavy atom. The zero-order chi connectivity index (χ0) is 16.3. The van der Waals surface area contributed by atoms with Crippen molar-refractivity contribution in [2.75, 3.05) is 20.2 Å². The summed E-state index contributed by atoms with van der Waals surface area (Å²) in [5.74, 6) is 0.313. The van der Waals surface area contributed by atoms with Crippen molar-refractivity contribution < 1.29 is 14.5 Å². The van der Waals surface area contributed by atoms with Gasteiger partial charge < -0.3 is 15.4 Å². The third-order valence-corrected chi connectivity index (χ3v) is 4.12. The summed E-state index contributed by atoms with van der Waals surface area (Å²) >= 11 is 0. The second-order valence-electron chi connectivity index (χ2n) is 5.65. The third kappa shape index (κ3) is 4.33. The third-order valence-electron chi connectivity index (χ3n) is 4.12. The summed E-state index contributed by atoms with van der Waals surface area (Å²) in [7, 11) is 1.46. The molecule has 1 amide bonds. The molecule has 1 saturated heterocycles. The largest absolute Gasteiger partial charge is 0.497 e. The fraction of sp³-hybridized carbons (Fsp3) is 0.533. The van der Waals surface area contributed by atoms with E-state index in [1.54, 1.807) is 4.90 Å². The smallest absolute Gasteiger partial charge is 0.282 e. The highest BCUT2D eigenvalue weighted by Gasteiger charge is 2.30. The topological polar surface area (TPSA) is 98.7 Å². The number of carbonyl (C=O) groups is 1. The number of amides is 1. The summed E-state index contributed by atoms with van der Waals surface area (Å²) in [6, 6.07) is 4.21. The minimum Gasteiger partial charge on any atom is -0.497 e. The van der Waals surface area contributed by atoms with Gasteiger partial charge in [0.15, 0.2) is 0 Å². The van der Waals surface area contributed by atoms with Crippen LogP contribution in [0.2, 0.25) is 0 Å². The molecule has 1 aliphatic rings. The SMILES string of the molecule is COc1ccc([N+](=O)[O-])c(C(=O)N2CCCC(C(C)N)C2)c1.Cl. The first-order chi connectivity index (χ1) is 10.4. The monoisotopic (exact) mass is 343 g/mol. The van der Waals surface area contributed by atoms with E-state index in [1.165, 1.54) is 25.3 Å². The van der Waals surface area contributed by atoms with Crippen LogP contribution in [0.15, 0.2) is 18.2 Å². The van der Waals surface area contributed by atoms with Crippen molar-refractivity contribution in [3.05, 3.63) is 33.9 Å². The normalized spacial score (nSPS) is 18.7. The molecule has 7 nitrogen and oxygen atoms in total. The molecular weight excluding hydrogens is 322 g/mol. The van der Waals surface area contributed by atoms with Crippen molar-refractivity contribution in [1.82, 2.24) is 4.90 Å². The number of ether oxygens (including phenoxy) is 1. The molecule has 1 aliphatic heterocycles. The summed E-state index contributed by atoms with van der Waals surface area (Å²) in [5.41, 5.74) is 5.79. The lowest BCUT2D eigenvalue weighted by Crippen LogP contribution is -2.45. The van der Waals surface area contributed by atoms with Gasteiger partial charge in [-0.25, -0.2) is 0 Å². The summed E-state index contributed by atoms with van der Waals surface area (Å²) in [6.07, 6.45) is 1.83. The standard InChI is InChI=1S/C15H21N3O4.ClH/c1-10(16)11-4-3-7-17(9-11)15(19)13-8-12(22-2)5-6-14(13)18(20)21;/h5-6,8,10-11H,3-4,7,9,16H2,1-2H3;1H. The van der Waals surface area contributed by atoms with Crippen LogP contribution in [0, 0.1) is 16.0 Å². The number of piperidine rings is 1. The molecule has 8 heteroatoms. The number of benzene rings is 1. The summed E-state index contributed by atoms with van der Waals surface area (Å²) in [4.78, 5) is 25.0. The maximum absolute atomic E-state index is 12.7. The Morgan fingerprint density at radius 3 is 2.78 bits per heavy atom. The van der Waals surface area contributed by atoms with Gasteiger partial charge in [-0.05, 0) is 37.8 Å². The molecule has 128 valence electrons. The van der Waals surface area contributed by atoms with E-state index in [0.29, 0.717) is 18.8 Å². The quantitative estimate of drug-likeness (QED) is 0.667. The molecule has 0 aromatic heterocycles. The Labute approximate surface area is 141 Å². The Morgan fingerprint density at radius 1 is 1.52 bits per heavy atom. The summed E-state index contributed by atoms with van der Waals surface area (Å²) in [5, 5.41) is 11.2. The van der Waals surface area contributed by atoms with E-state index in [-0.39, 0.29) is 41.5 Å². The van der Waals surface area contributed by atoms with Gasteiger partial charge in [-0.3, -0.25) is 14.9 Å². The van der Waals surface area contributed by atoms with Gasteiger partial charge in [0.05, 0.1) is 12.0 Å². The minimum atomic E-state index is -0.542. The molecule has 0 saturated carbocycles. The zero-order valence-electron chi connectivity index (χ0n) is 13.2. The molecule has 0 spiro atoms. The number of nitrogens with zero attached hydrogens (tertiary/aromatic N) is 2. The number of carbonyl (C=O) groups excluding carboxylic acids is 1. The van der Waals surface area contributed by atoms with Crippen LogP contribution in [-0.2, 0) is 0 Å². The van der Waals surface area contributed by atoms with Crippen LogP contribution in [0.5, 0.6) is 5.75 Å². The average Bonchev–Trinajstić information content (AvgIpc) is 2.53. The molecule has 2 N–H and O–H groups in total. The van der Waals surface area contributed by atoms with Gasteiger partial charge in [-0.1, -0.05) is 0 Å². The lowest BCUT2D eigenvalue weighted by atomic mass is 9.91. The zero-order valence-corrected chi connectivity index (χ0v) is 14.0. The first kappa shape index (κ1) is 19.2. The highest BCUT2D eigenvalue weighted by atomic mass is 35.5. The van der Waals surface area contributed by atoms with Crippen LogP contribution in [0.4, 0.5) is 5.69 Å². The number of hydrogen-bond acceptors (Lipinski definition) is 5. The molecular formula is C15H22ClN3O4. The van der Waals surface area contributed by atoms with E-state index < -0.39 is 4.92 Å². The van der Waals surface area contributed by atoms with Crippen LogP contribution < -0.4 is 10.5 Å². The van der Waals surface area contributed by atoms with Gasteiger partial charge >= 0.3 is 0 Å². The van der Waals surface area contributed by atoms with Gasteiger partial charge in [0, 0.05) is 25.2 Å². The second-order valence-corrected chi connectivity index (χ2v) is 5.65. The van der Waals surface area contributed by atoms with Crippen molar-refractivity contribution >= 4 is 24.0 Å². The number of rotatable bonds is 4. The molecule has 23 heavy (non-hydrogen) atoms. The Bertz CT molecular complexity index is 580. The maximum atomic E-state index is 12.7. The molecule has 1 aromatic carbocycles. The van der Waals surface area contributed by atoms with E-state index >= 15 is 0 Å². The van der Waals surface area contributed by atoms with Crippen molar-refractivity contribution in [3.8, 4) is 5.75 Å². The van der Waals surface area contributed by atoms with Crippen molar-refractivity contribution in [2.45, 2.75) is 25.8 Å². The van der Waals surface area contributed by atoms with Gasteiger partial charge in [0.25, 0.3) is 11.6 Å². The fourth-order valence-electron chi connectivity index (χ4n) is 2.77. The molecule has 1 heterocycles. The van der Waals surface area contributed by atoms with Crippen molar-refractivity contribution in [3.63, 3.8) is 0 Å². The van der Waals surface area contributed by atoms with Crippen molar-refractivity contribution in [2.24, 2.45) is 11.7 Å². The molecule has 0 radical (unpaired) electrons. The van der Waals surface area contributed by atoms with Crippen LogP contribution >= 0.6 is 12.4 Å². The van der Waals surface area contributed by atoms with Crippen LogP contribution in [0.3, 0.4) is 0 Å². The number of methoxy groups -OCH3 is 1. The van der Waals surface area contributed by atoms with Crippen LogP contribution in [-0.4, -0.2) is 42.0 Å². The second kappa shape index (κ2) is 8.12. The van der Waals surface area contributed by atoms with Crippen LogP contribution in [0.1, 0.15) is 30.1 Å². The molecule has 1 fully saturated rings. The first-order valence-corrected chi connectivity index (χ1v) is 7.31. The summed E-state index contributed by atoms with van der Waals surface area (Å²) in [6.45, 7) is 3.05. The van der Waals surface area contributed by atoms with E-state index in [4.69, 9.17) is 10.5 Å². The van der Waals surface area contributed by atoms with E-state index in [1.807, 2.05) is 6.92 Å². The number of hydrogen-bond donors (Lipinski definition) is 1. The number of nitrogens with two attached hydrogens (primary N) is 1.